The maximum absolute atomic E-state index is 6.06. The number of benzene rings is 1. The molecule has 0 amide bonds. The lowest BCUT2D eigenvalue weighted by atomic mass is 10.1. The minimum absolute atomic E-state index is 0.316. The van der Waals surface area contributed by atoms with Crippen LogP contribution in [0.4, 0.5) is 5.69 Å². The summed E-state index contributed by atoms with van der Waals surface area (Å²) in [6, 6.07) is 5.81. The fourth-order valence-corrected chi connectivity index (χ4v) is 5.56. The highest BCUT2D eigenvalue weighted by atomic mass is 32.2. The zero-order valence-electron chi connectivity index (χ0n) is 12.2. The predicted octanol–water partition coefficient (Wildman–Crippen LogP) is 3.93. The number of hydrogen-bond acceptors (Lipinski definition) is 6. The van der Waals surface area contributed by atoms with Crippen molar-refractivity contribution < 1.29 is 4.52 Å². The van der Waals surface area contributed by atoms with Crippen LogP contribution in [-0.4, -0.2) is 26.9 Å². The zero-order valence-corrected chi connectivity index (χ0v) is 13.8. The van der Waals surface area contributed by atoms with Crippen molar-refractivity contribution in [1.82, 2.24) is 10.1 Å². The molecule has 1 aromatic carbocycles. The molecule has 1 saturated heterocycles. The van der Waals surface area contributed by atoms with Crippen LogP contribution in [0.1, 0.15) is 30.0 Å². The van der Waals surface area contributed by atoms with Crippen molar-refractivity contribution in [2.75, 3.05) is 17.2 Å². The lowest BCUT2D eigenvalue weighted by Gasteiger charge is -2.27. The molecular weight excluding hydrogens is 302 g/mol. The summed E-state index contributed by atoms with van der Waals surface area (Å²) in [5, 5.41) is 5.10. The minimum Gasteiger partial charge on any atom is -0.398 e. The van der Waals surface area contributed by atoms with Gasteiger partial charge >= 0.3 is 0 Å². The second-order valence-corrected chi connectivity index (χ2v) is 7.70. The van der Waals surface area contributed by atoms with Crippen molar-refractivity contribution in [1.29, 1.82) is 0 Å². The first-order valence-corrected chi connectivity index (χ1v) is 9.22. The van der Waals surface area contributed by atoms with Gasteiger partial charge in [0.2, 0.25) is 0 Å². The Labute approximate surface area is 133 Å². The highest BCUT2D eigenvalue weighted by Crippen LogP contribution is 2.43. The van der Waals surface area contributed by atoms with Crippen molar-refractivity contribution in [2.45, 2.75) is 30.8 Å². The van der Waals surface area contributed by atoms with E-state index in [0.29, 0.717) is 22.1 Å². The maximum Gasteiger partial charge on any atom is 0.260 e. The Morgan fingerprint density at radius 2 is 2.14 bits per heavy atom. The van der Waals surface area contributed by atoms with Crippen LogP contribution in [0.5, 0.6) is 0 Å². The van der Waals surface area contributed by atoms with Crippen LogP contribution in [-0.2, 0) is 0 Å². The minimum atomic E-state index is 0.316. The second-order valence-electron chi connectivity index (χ2n) is 5.11. The van der Waals surface area contributed by atoms with Crippen LogP contribution >= 0.6 is 23.5 Å². The number of nitrogen functional groups attached to an aromatic ring is 1. The van der Waals surface area contributed by atoms with Gasteiger partial charge in [0.05, 0.1) is 10.8 Å². The lowest BCUT2D eigenvalue weighted by molar-refractivity contribution is 0.421. The molecule has 2 heterocycles. The van der Waals surface area contributed by atoms with Gasteiger partial charge in [-0.25, -0.2) is 0 Å². The van der Waals surface area contributed by atoms with Gasteiger partial charge in [0.15, 0.2) is 5.82 Å². The van der Waals surface area contributed by atoms with Gasteiger partial charge in [0.1, 0.15) is 0 Å². The highest BCUT2D eigenvalue weighted by Gasteiger charge is 2.30. The van der Waals surface area contributed by atoms with Crippen molar-refractivity contribution in [3.05, 3.63) is 29.6 Å². The van der Waals surface area contributed by atoms with E-state index >= 15 is 0 Å². The van der Waals surface area contributed by atoms with Gasteiger partial charge in [-0.15, -0.1) is 11.8 Å². The molecule has 4 nitrogen and oxygen atoms in total. The molecule has 2 atom stereocenters. The fourth-order valence-electron chi connectivity index (χ4n) is 2.58. The van der Waals surface area contributed by atoms with E-state index in [9.17, 15) is 0 Å². The molecule has 3 rings (SSSR count). The number of anilines is 1. The van der Waals surface area contributed by atoms with Crippen molar-refractivity contribution in [2.24, 2.45) is 0 Å². The average molecular weight is 321 g/mol. The summed E-state index contributed by atoms with van der Waals surface area (Å²) < 4.78 is 5.49. The van der Waals surface area contributed by atoms with E-state index in [-0.39, 0.29) is 0 Å². The maximum atomic E-state index is 6.06. The first-order chi connectivity index (χ1) is 10.2. The molecule has 0 aliphatic carbocycles. The van der Waals surface area contributed by atoms with E-state index in [2.05, 4.69) is 17.1 Å². The Kier molecular flexibility index (Phi) is 4.45. The SMILES string of the molecule is CCC1SCCSC1c1noc(-c2c(C)cccc2N)n1. The third-order valence-corrected chi connectivity index (χ3v) is 6.91. The van der Waals surface area contributed by atoms with Gasteiger partial charge in [-0.3, -0.25) is 0 Å². The standard InChI is InChI=1S/C15H19N3OS2/c1-3-11-13(21-8-7-20-11)14-17-15(19-18-14)12-9(2)5-4-6-10(12)16/h4-6,11,13H,3,7-8,16H2,1-2H3. The van der Waals surface area contributed by atoms with Crippen LogP contribution < -0.4 is 5.73 Å². The molecule has 1 aromatic heterocycles. The topological polar surface area (TPSA) is 64.9 Å². The molecule has 2 unspecified atom stereocenters. The van der Waals surface area contributed by atoms with Crippen LogP contribution in [0, 0.1) is 6.92 Å². The molecule has 0 bridgehead atoms. The molecular formula is C15H19N3OS2. The van der Waals surface area contributed by atoms with Gasteiger partial charge in [0, 0.05) is 22.4 Å². The molecule has 0 radical (unpaired) electrons. The number of thioether (sulfide) groups is 2. The van der Waals surface area contributed by atoms with Gasteiger partial charge < -0.3 is 10.3 Å². The highest BCUT2D eigenvalue weighted by molar-refractivity contribution is 8.06. The lowest BCUT2D eigenvalue weighted by Crippen LogP contribution is -2.19. The molecule has 2 N–H and O–H groups in total. The Morgan fingerprint density at radius 1 is 1.33 bits per heavy atom. The molecule has 1 fully saturated rings. The number of aryl methyl sites for hydroxylation is 1. The Hall–Kier alpha value is -1.14. The Balaban J connectivity index is 1.93. The summed E-state index contributed by atoms with van der Waals surface area (Å²) in [5.74, 6) is 3.68. The molecule has 6 heteroatoms. The number of nitrogens with two attached hydrogens (primary N) is 1. The zero-order chi connectivity index (χ0) is 14.8. The monoisotopic (exact) mass is 321 g/mol. The van der Waals surface area contributed by atoms with Gasteiger partial charge in [-0.2, -0.15) is 16.7 Å². The largest absolute Gasteiger partial charge is 0.398 e. The predicted molar refractivity (Wildman–Crippen MR) is 90.6 cm³/mol. The van der Waals surface area contributed by atoms with E-state index in [4.69, 9.17) is 10.3 Å². The number of aromatic nitrogens is 2. The quantitative estimate of drug-likeness (QED) is 0.864. The van der Waals surface area contributed by atoms with Crippen LogP contribution in [0.15, 0.2) is 22.7 Å². The number of nitrogens with zero attached hydrogens (tertiary/aromatic N) is 2. The Bertz CT molecular complexity index is 609. The number of rotatable bonds is 3. The van der Waals surface area contributed by atoms with Crippen LogP contribution in [0.3, 0.4) is 0 Å². The third kappa shape index (κ3) is 2.92. The summed E-state index contributed by atoms with van der Waals surface area (Å²) >= 11 is 3.94. The number of hydrogen-bond donors (Lipinski definition) is 1. The van der Waals surface area contributed by atoms with E-state index in [1.807, 2.05) is 48.6 Å². The van der Waals surface area contributed by atoms with Crippen molar-refractivity contribution >= 4 is 29.2 Å². The average Bonchev–Trinajstić information content (AvgIpc) is 2.96. The van der Waals surface area contributed by atoms with E-state index < -0.39 is 0 Å². The summed E-state index contributed by atoms with van der Waals surface area (Å²) in [4.78, 5) is 4.63. The summed E-state index contributed by atoms with van der Waals surface area (Å²) in [5.41, 5.74) is 8.66. The first-order valence-electron chi connectivity index (χ1n) is 7.13. The fraction of sp³-hybridized carbons (Fsp3) is 0.467. The normalized spacial score (nSPS) is 22.4. The van der Waals surface area contributed by atoms with Crippen LogP contribution in [0.25, 0.3) is 11.5 Å². The first kappa shape index (κ1) is 14.8. The van der Waals surface area contributed by atoms with E-state index in [1.54, 1.807) is 0 Å². The molecule has 1 aliphatic rings. The molecule has 2 aromatic rings. The van der Waals surface area contributed by atoms with Crippen LogP contribution in [0.2, 0.25) is 0 Å². The molecule has 1 aliphatic heterocycles. The Morgan fingerprint density at radius 3 is 2.90 bits per heavy atom. The smallest absolute Gasteiger partial charge is 0.260 e. The summed E-state index contributed by atoms with van der Waals surface area (Å²) in [6.07, 6.45) is 1.12. The van der Waals surface area contributed by atoms with E-state index in [0.717, 1.165) is 29.1 Å². The summed E-state index contributed by atoms with van der Waals surface area (Å²) in [7, 11) is 0. The summed E-state index contributed by atoms with van der Waals surface area (Å²) in [6.45, 7) is 4.23. The van der Waals surface area contributed by atoms with E-state index in [1.165, 1.54) is 5.75 Å². The molecule has 0 saturated carbocycles. The molecule has 112 valence electrons. The molecule has 21 heavy (non-hydrogen) atoms. The van der Waals surface area contributed by atoms with Gasteiger partial charge in [-0.1, -0.05) is 24.2 Å². The molecule has 0 spiro atoms. The third-order valence-electron chi connectivity index (χ3n) is 3.67. The van der Waals surface area contributed by atoms with Crippen molar-refractivity contribution in [3.8, 4) is 11.5 Å². The van der Waals surface area contributed by atoms with Gasteiger partial charge in [-0.05, 0) is 25.0 Å². The van der Waals surface area contributed by atoms with Gasteiger partial charge in [0.25, 0.3) is 5.89 Å². The van der Waals surface area contributed by atoms with Crippen molar-refractivity contribution in [3.63, 3.8) is 0 Å². The second kappa shape index (κ2) is 6.32.